The van der Waals surface area contributed by atoms with E-state index in [4.69, 9.17) is 9.26 Å². The maximum absolute atomic E-state index is 12.5. The SMILES string of the molecule is CN(C[C@H]1OCCc2ccccc21)C(=O)CCCc1nc(-c2ccccn2)no1. The molecule has 1 amide bonds. The fourth-order valence-electron chi connectivity index (χ4n) is 3.52. The van der Waals surface area contributed by atoms with Crippen LogP contribution < -0.4 is 0 Å². The monoisotopic (exact) mass is 392 g/mol. The van der Waals surface area contributed by atoms with Crippen molar-refractivity contribution in [3.05, 3.63) is 65.7 Å². The Morgan fingerprint density at radius 1 is 1.21 bits per heavy atom. The molecular formula is C22H24N4O3. The summed E-state index contributed by atoms with van der Waals surface area (Å²) in [5.41, 5.74) is 3.17. The van der Waals surface area contributed by atoms with Crippen molar-refractivity contribution < 1.29 is 14.1 Å². The summed E-state index contributed by atoms with van der Waals surface area (Å²) in [6, 6.07) is 13.8. The van der Waals surface area contributed by atoms with E-state index in [1.807, 2.05) is 37.4 Å². The first-order valence-corrected chi connectivity index (χ1v) is 9.88. The van der Waals surface area contributed by atoms with Crippen LogP contribution in [0.5, 0.6) is 0 Å². The topological polar surface area (TPSA) is 81.4 Å². The first kappa shape index (κ1) is 19.3. The zero-order valence-corrected chi connectivity index (χ0v) is 16.5. The van der Waals surface area contributed by atoms with Gasteiger partial charge in [-0.3, -0.25) is 9.78 Å². The number of nitrogens with zero attached hydrogens (tertiary/aromatic N) is 4. The van der Waals surface area contributed by atoms with Crippen LogP contribution in [-0.2, 0) is 22.4 Å². The first-order valence-electron chi connectivity index (χ1n) is 9.88. The number of hydrogen-bond acceptors (Lipinski definition) is 6. The van der Waals surface area contributed by atoms with Crippen molar-refractivity contribution in [2.24, 2.45) is 0 Å². The highest BCUT2D eigenvalue weighted by molar-refractivity contribution is 5.75. The number of carbonyl (C=O) groups excluding carboxylic acids is 1. The Morgan fingerprint density at radius 3 is 2.93 bits per heavy atom. The Hall–Kier alpha value is -3.06. The third-order valence-corrected chi connectivity index (χ3v) is 5.10. The van der Waals surface area contributed by atoms with Crippen molar-refractivity contribution in [2.75, 3.05) is 20.2 Å². The zero-order valence-electron chi connectivity index (χ0n) is 16.5. The van der Waals surface area contributed by atoms with Crippen molar-refractivity contribution in [3.8, 4) is 11.5 Å². The summed E-state index contributed by atoms with van der Waals surface area (Å²) in [4.78, 5) is 22.9. The van der Waals surface area contributed by atoms with Gasteiger partial charge >= 0.3 is 0 Å². The smallest absolute Gasteiger partial charge is 0.227 e. The Labute approximate surface area is 169 Å². The molecule has 4 rings (SSSR count). The molecule has 0 aliphatic carbocycles. The van der Waals surface area contributed by atoms with Crippen LogP contribution >= 0.6 is 0 Å². The summed E-state index contributed by atoms with van der Waals surface area (Å²) in [7, 11) is 1.83. The second kappa shape index (κ2) is 8.96. The van der Waals surface area contributed by atoms with Gasteiger partial charge in [0.05, 0.1) is 13.2 Å². The molecule has 3 aromatic rings. The number of amides is 1. The standard InChI is InChI=1S/C22H24N4O3/c1-26(15-19-17-8-3-2-7-16(17)12-14-28-19)21(27)11-6-10-20-24-22(25-29-20)18-9-4-5-13-23-18/h2-5,7-9,13,19H,6,10-12,14-15H2,1H3/t19-/m1/s1. The molecule has 150 valence electrons. The van der Waals surface area contributed by atoms with Gasteiger partial charge in [-0.1, -0.05) is 35.5 Å². The molecule has 0 fully saturated rings. The van der Waals surface area contributed by atoms with Gasteiger partial charge in [0.1, 0.15) is 11.8 Å². The van der Waals surface area contributed by atoms with E-state index in [0.29, 0.717) is 49.8 Å². The number of aryl methyl sites for hydroxylation is 1. The Kier molecular flexibility index (Phi) is 5.95. The van der Waals surface area contributed by atoms with Crippen molar-refractivity contribution in [3.63, 3.8) is 0 Å². The van der Waals surface area contributed by atoms with Gasteiger partial charge in [0.2, 0.25) is 17.6 Å². The molecule has 7 nitrogen and oxygen atoms in total. The van der Waals surface area contributed by atoms with Gasteiger partial charge in [-0.25, -0.2) is 0 Å². The van der Waals surface area contributed by atoms with Gasteiger partial charge in [0.25, 0.3) is 0 Å². The predicted octanol–water partition coefficient (Wildman–Crippen LogP) is 3.23. The van der Waals surface area contributed by atoms with Crippen LogP contribution in [0.25, 0.3) is 11.5 Å². The minimum Gasteiger partial charge on any atom is -0.371 e. The number of pyridine rings is 1. The molecule has 1 aromatic carbocycles. The quantitative estimate of drug-likeness (QED) is 0.614. The van der Waals surface area contributed by atoms with Crippen molar-refractivity contribution >= 4 is 5.91 Å². The highest BCUT2D eigenvalue weighted by Crippen LogP contribution is 2.27. The van der Waals surface area contributed by atoms with E-state index in [9.17, 15) is 4.79 Å². The zero-order chi connectivity index (χ0) is 20.1. The molecule has 0 unspecified atom stereocenters. The minimum atomic E-state index is -0.0641. The minimum absolute atomic E-state index is 0.0641. The van der Waals surface area contributed by atoms with Crippen molar-refractivity contribution in [1.29, 1.82) is 0 Å². The molecule has 0 spiro atoms. The van der Waals surface area contributed by atoms with Gasteiger partial charge in [0, 0.05) is 26.1 Å². The van der Waals surface area contributed by atoms with Crippen LogP contribution in [0.1, 0.15) is 36.0 Å². The van der Waals surface area contributed by atoms with Gasteiger partial charge in [-0.05, 0) is 36.1 Å². The lowest BCUT2D eigenvalue weighted by Crippen LogP contribution is -2.33. The number of aromatic nitrogens is 3. The Bertz CT molecular complexity index is 957. The fourth-order valence-corrected chi connectivity index (χ4v) is 3.52. The Morgan fingerprint density at radius 2 is 2.07 bits per heavy atom. The summed E-state index contributed by atoms with van der Waals surface area (Å²) in [6.07, 6.45) is 4.18. The van der Waals surface area contributed by atoms with Crippen LogP contribution in [0.3, 0.4) is 0 Å². The molecule has 2 aromatic heterocycles. The number of rotatable bonds is 7. The number of carbonyl (C=O) groups is 1. The van der Waals surface area contributed by atoms with Gasteiger partial charge < -0.3 is 14.2 Å². The number of benzene rings is 1. The van der Waals surface area contributed by atoms with Crippen LogP contribution in [0.4, 0.5) is 0 Å². The second-order valence-corrected chi connectivity index (χ2v) is 7.16. The fraction of sp³-hybridized carbons (Fsp3) is 0.364. The van der Waals surface area contributed by atoms with E-state index in [0.717, 1.165) is 6.42 Å². The van der Waals surface area contributed by atoms with Crippen LogP contribution in [0.2, 0.25) is 0 Å². The number of likely N-dealkylation sites (N-methyl/N-ethyl adjacent to an activating group) is 1. The van der Waals surface area contributed by atoms with Gasteiger partial charge in [-0.2, -0.15) is 4.98 Å². The summed E-state index contributed by atoms with van der Waals surface area (Å²) < 4.78 is 11.2. The van der Waals surface area contributed by atoms with Crippen LogP contribution in [-0.4, -0.2) is 46.1 Å². The van der Waals surface area contributed by atoms with E-state index < -0.39 is 0 Å². The summed E-state index contributed by atoms with van der Waals surface area (Å²) >= 11 is 0. The van der Waals surface area contributed by atoms with Gasteiger partial charge in [-0.15, -0.1) is 0 Å². The lowest BCUT2D eigenvalue weighted by molar-refractivity contribution is -0.132. The van der Waals surface area contributed by atoms with Crippen molar-refractivity contribution in [1.82, 2.24) is 20.0 Å². The molecule has 3 heterocycles. The largest absolute Gasteiger partial charge is 0.371 e. The molecular weight excluding hydrogens is 368 g/mol. The molecule has 0 saturated heterocycles. The molecule has 0 saturated carbocycles. The highest BCUT2D eigenvalue weighted by Gasteiger charge is 2.23. The molecule has 7 heteroatoms. The number of fused-ring (bicyclic) bond motifs is 1. The lowest BCUT2D eigenvalue weighted by Gasteiger charge is -2.29. The molecule has 29 heavy (non-hydrogen) atoms. The number of ether oxygens (including phenoxy) is 1. The molecule has 0 N–H and O–H groups in total. The molecule has 0 radical (unpaired) electrons. The molecule has 0 bridgehead atoms. The highest BCUT2D eigenvalue weighted by atomic mass is 16.5. The average Bonchev–Trinajstić information content (AvgIpc) is 3.23. The van der Waals surface area contributed by atoms with Crippen molar-refractivity contribution in [2.45, 2.75) is 31.8 Å². The predicted molar refractivity (Wildman–Crippen MR) is 107 cm³/mol. The summed E-state index contributed by atoms with van der Waals surface area (Å²) in [6.45, 7) is 1.25. The molecule has 1 atom stereocenters. The van der Waals surface area contributed by atoms with Crippen LogP contribution in [0.15, 0.2) is 53.2 Å². The van der Waals surface area contributed by atoms with E-state index in [1.165, 1.54) is 11.1 Å². The molecule has 1 aliphatic heterocycles. The summed E-state index contributed by atoms with van der Waals surface area (Å²) in [5, 5.41) is 3.96. The Balaban J connectivity index is 1.27. The summed E-state index contributed by atoms with van der Waals surface area (Å²) in [5.74, 6) is 1.07. The molecule has 1 aliphatic rings. The third-order valence-electron chi connectivity index (χ3n) is 5.10. The van der Waals surface area contributed by atoms with Gasteiger partial charge in [0.15, 0.2) is 0 Å². The first-order chi connectivity index (χ1) is 14.2. The normalized spacial score (nSPS) is 15.7. The maximum atomic E-state index is 12.5. The average molecular weight is 392 g/mol. The van der Waals surface area contributed by atoms with E-state index in [2.05, 4.69) is 27.3 Å². The number of hydrogen-bond donors (Lipinski definition) is 0. The van der Waals surface area contributed by atoms with Crippen LogP contribution in [0, 0.1) is 0 Å². The van der Waals surface area contributed by atoms with E-state index in [-0.39, 0.29) is 12.0 Å². The van der Waals surface area contributed by atoms with E-state index in [1.54, 1.807) is 11.1 Å². The van der Waals surface area contributed by atoms with E-state index >= 15 is 0 Å². The third kappa shape index (κ3) is 4.68. The maximum Gasteiger partial charge on any atom is 0.227 e. The lowest BCUT2D eigenvalue weighted by atomic mass is 9.97. The second-order valence-electron chi connectivity index (χ2n) is 7.16.